The zero-order chi connectivity index (χ0) is 34.8. The van der Waals surface area contributed by atoms with Gasteiger partial charge in [-0.2, -0.15) is 0 Å². The second-order valence-corrected chi connectivity index (χ2v) is 14.1. The van der Waals surface area contributed by atoms with Crippen LogP contribution in [0.1, 0.15) is 36.1 Å². The summed E-state index contributed by atoms with van der Waals surface area (Å²) in [5.41, 5.74) is 3.73. The summed E-state index contributed by atoms with van der Waals surface area (Å²) in [5.74, 6) is -0.0753. The van der Waals surface area contributed by atoms with Crippen molar-refractivity contribution in [3.8, 4) is 11.5 Å². The summed E-state index contributed by atoms with van der Waals surface area (Å²) in [6.45, 7) is 7.73. The summed E-state index contributed by atoms with van der Waals surface area (Å²) in [4.78, 5) is 30.2. The molecule has 0 aliphatic carbocycles. The number of amides is 2. The summed E-state index contributed by atoms with van der Waals surface area (Å²) in [7, 11) is -1.40. The Morgan fingerprint density at radius 1 is 0.792 bits per heavy atom. The molecule has 9 nitrogen and oxygen atoms in total. The number of carbonyl (C=O) groups excluding carboxylic acids is 2. The van der Waals surface area contributed by atoms with Gasteiger partial charge in [0.1, 0.15) is 24.1 Å². The van der Waals surface area contributed by atoms with E-state index in [4.69, 9.17) is 9.47 Å². The molecule has 0 radical (unpaired) electrons. The third-order valence-electron chi connectivity index (χ3n) is 7.97. The maximum absolute atomic E-state index is 14.7. The molecule has 1 atom stereocenters. The molecule has 0 aliphatic heterocycles. The van der Waals surface area contributed by atoms with Crippen molar-refractivity contribution in [1.29, 1.82) is 0 Å². The highest BCUT2D eigenvalue weighted by Gasteiger charge is 2.35. The Labute approximate surface area is 284 Å². The van der Waals surface area contributed by atoms with E-state index < -0.39 is 28.5 Å². The molecular weight excluding hydrogens is 627 g/mol. The number of sulfonamides is 1. The third-order valence-corrected chi connectivity index (χ3v) is 9.75. The van der Waals surface area contributed by atoms with Gasteiger partial charge in [-0.15, -0.1) is 0 Å². The Morgan fingerprint density at radius 3 is 2.00 bits per heavy atom. The van der Waals surface area contributed by atoms with Crippen molar-refractivity contribution in [3.63, 3.8) is 0 Å². The standard InChI is InChI=1S/C38H45N3O6S/c1-27(2)24-39-38(43)35(22-30-10-8-7-9-11-30)40(25-31-16-12-28(3)13-17-31)37(42)26-41(34-23-32(46-5)18-21-36(34)47-6)48(44,45)33-19-14-29(4)15-20-33/h7-21,23,27,35H,22,24-26H2,1-6H3,(H,39,43)/t35-/m0/s1. The van der Waals surface area contributed by atoms with Gasteiger partial charge in [0.2, 0.25) is 11.8 Å². The van der Waals surface area contributed by atoms with Gasteiger partial charge in [-0.25, -0.2) is 8.42 Å². The van der Waals surface area contributed by atoms with Crippen LogP contribution >= 0.6 is 0 Å². The van der Waals surface area contributed by atoms with Crippen molar-refractivity contribution < 1.29 is 27.5 Å². The van der Waals surface area contributed by atoms with Crippen molar-refractivity contribution >= 4 is 27.5 Å². The minimum atomic E-state index is -4.31. The summed E-state index contributed by atoms with van der Waals surface area (Å²) in [6, 6.07) is 27.4. The van der Waals surface area contributed by atoms with Crippen LogP contribution in [0.15, 0.2) is 102 Å². The molecule has 4 aromatic carbocycles. The number of hydrogen-bond acceptors (Lipinski definition) is 6. The lowest BCUT2D eigenvalue weighted by Crippen LogP contribution is -2.53. The number of aryl methyl sites for hydroxylation is 2. The number of carbonyl (C=O) groups is 2. The summed E-state index contributed by atoms with van der Waals surface area (Å²) in [6.07, 6.45) is 0.232. The Bertz CT molecular complexity index is 1780. The molecule has 48 heavy (non-hydrogen) atoms. The highest BCUT2D eigenvalue weighted by atomic mass is 32.2. The Hall–Kier alpha value is -4.83. The van der Waals surface area contributed by atoms with Crippen LogP contribution in [-0.2, 0) is 32.6 Å². The molecule has 10 heteroatoms. The van der Waals surface area contributed by atoms with Crippen molar-refractivity contribution in [2.45, 2.75) is 51.6 Å². The number of anilines is 1. The molecule has 4 rings (SSSR count). The van der Waals surface area contributed by atoms with Crippen LogP contribution in [-0.4, -0.2) is 58.5 Å². The summed E-state index contributed by atoms with van der Waals surface area (Å²) < 4.78 is 40.9. The average Bonchev–Trinajstić information content (AvgIpc) is 3.08. The molecule has 0 aromatic heterocycles. The summed E-state index contributed by atoms with van der Waals surface area (Å²) >= 11 is 0. The Balaban J connectivity index is 1.86. The fourth-order valence-electron chi connectivity index (χ4n) is 5.21. The number of nitrogens with zero attached hydrogens (tertiary/aromatic N) is 2. The third kappa shape index (κ3) is 9.16. The molecule has 0 aliphatic rings. The highest BCUT2D eigenvalue weighted by molar-refractivity contribution is 7.92. The number of benzene rings is 4. The zero-order valence-corrected chi connectivity index (χ0v) is 29.3. The first-order valence-electron chi connectivity index (χ1n) is 15.9. The van der Waals surface area contributed by atoms with Crippen molar-refractivity contribution in [1.82, 2.24) is 10.2 Å². The Kier molecular flexibility index (Phi) is 12.2. The number of methoxy groups -OCH3 is 2. The van der Waals surface area contributed by atoms with Gasteiger partial charge in [-0.05, 0) is 55.2 Å². The van der Waals surface area contributed by atoms with Gasteiger partial charge < -0.3 is 19.7 Å². The number of ether oxygens (including phenoxy) is 2. The van der Waals surface area contributed by atoms with Gasteiger partial charge in [0, 0.05) is 25.6 Å². The monoisotopic (exact) mass is 671 g/mol. The van der Waals surface area contributed by atoms with Gasteiger partial charge in [0.25, 0.3) is 10.0 Å². The maximum Gasteiger partial charge on any atom is 0.264 e. The van der Waals surface area contributed by atoms with Crippen LogP contribution in [0.5, 0.6) is 11.5 Å². The molecule has 254 valence electrons. The molecule has 0 saturated carbocycles. The number of rotatable bonds is 15. The molecule has 0 saturated heterocycles. The lowest BCUT2D eigenvalue weighted by Gasteiger charge is -2.34. The predicted octanol–water partition coefficient (Wildman–Crippen LogP) is 5.93. The van der Waals surface area contributed by atoms with Crippen LogP contribution in [0.3, 0.4) is 0 Å². The second-order valence-electron chi connectivity index (χ2n) is 12.2. The molecule has 4 aromatic rings. The van der Waals surface area contributed by atoms with Crippen LogP contribution in [0.25, 0.3) is 0 Å². The van der Waals surface area contributed by atoms with Crippen molar-refractivity contribution in [2.75, 3.05) is 31.6 Å². The first kappa shape index (κ1) is 36.0. The molecule has 0 bridgehead atoms. The first-order chi connectivity index (χ1) is 22.9. The van der Waals surface area contributed by atoms with Crippen LogP contribution in [0.2, 0.25) is 0 Å². The fourth-order valence-corrected chi connectivity index (χ4v) is 6.63. The first-order valence-corrected chi connectivity index (χ1v) is 17.3. The number of hydrogen-bond donors (Lipinski definition) is 1. The van der Waals surface area contributed by atoms with Crippen molar-refractivity contribution in [3.05, 3.63) is 119 Å². The van der Waals surface area contributed by atoms with Crippen molar-refractivity contribution in [2.24, 2.45) is 5.92 Å². The van der Waals surface area contributed by atoms with E-state index in [0.717, 1.165) is 26.6 Å². The largest absolute Gasteiger partial charge is 0.497 e. The van der Waals surface area contributed by atoms with Gasteiger partial charge in [0.15, 0.2) is 0 Å². The minimum absolute atomic E-state index is 0.00590. The van der Waals surface area contributed by atoms with E-state index in [1.54, 1.807) is 24.3 Å². The van der Waals surface area contributed by atoms with E-state index >= 15 is 0 Å². The van der Waals surface area contributed by atoms with Gasteiger partial charge in [-0.3, -0.25) is 13.9 Å². The van der Waals surface area contributed by atoms with E-state index in [1.165, 1.54) is 37.3 Å². The average molecular weight is 672 g/mol. The minimum Gasteiger partial charge on any atom is -0.497 e. The number of nitrogens with one attached hydrogen (secondary N) is 1. The maximum atomic E-state index is 14.7. The Morgan fingerprint density at radius 2 is 1.42 bits per heavy atom. The lowest BCUT2D eigenvalue weighted by atomic mass is 10.0. The van der Waals surface area contributed by atoms with Crippen LogP contribution in [0.4, 0.5) is 5.69 Å². The van der Waals surface area contributed by atoms with Gasteiger partial charge in [0.05, 0.1) is 24.8 Å². The summed E-state index contributed by atoms with van der Waals surface area (Å²) in [5, 5.41) is 3.01. The van der Waals surface area contributed by atoms with Gasteiger partial charge in [-0.1, -0.05) is 91.7 Å². The zero-order valence-electron chi connectivity index (χ0n) is 28.5. The van der Waals surface area contributed by atoms with E-state index in [1.807, 2.05) is 82.3 Å². The lowest BCUT2D eigenvalue weighted by molar-refractivity contribution is -0.140. The molecule has 2 amide bonds. The predicted molar refractivity (Wildman–Crippen MR) is 189 cm³/mol. The normalized spacial score (nSPS) is 11.9. The van der Waals surface area contributed by atoms with Crippen LogP contribution in [0, 0.1) is 19.8 Å². The van der Waals surface area contributed by atoms with E-state index in [-0.39, 0.29) is 41.1 Å². The topological polar surface area (TPSA) is 105 Å². The molecule has 1 N–H and O–H groups in total. The molecular formula is C38H45N3O6S. The molecule has 0 unspecified atom stereocenters. The molecule has 0 spiro atoms. The van der Waals surface area contributed by atoms with E-state index in [9.17, 15) is 18.0 Å². The second kappa shape index (κ2) is 16.3. The van der Waals surface area contributed by atoms with Crippen LogP contribution < -0.4 is 19.1 Å². The highest BCUT2D eigenvalue weighted by Crippen LogP contribution is 2.36. The molecule has 0 fully saturated rings. The molecule has 0 heterocycles. The quantitative estimate of drug-likeness (QED) is 0.168. The van der Waals surface area contributed by atoms with E-state index in [2.05, 4.69) is 5.32 Å². The smallest absolute Gasteiger partial charge is 0.264 e. The SMILES string of the molecule is COc1ccc(OC)c(N(CC(=O)N(Cc2ccc(C)cc2)[C@@H](Cc2ccccc2)C(=O)NCC(C)C)S(=O)(=O)c2ccc(C)cc2)c1. The fraction of sp³-hybridized carbons (Fsp3) is 0.316. The van der Waals surface area contributed by atoms with Gasteiger partial charge >= 0.3 is 0 Å². The van der Waals surface area contributed by atoms with E-state index in [0.29, 0.717) is 12.3 Å².